The first-order valence-corrected chi connectivity index (χ1v) is 15.9. The molecule has 6 rings (SSSR count). The summed E-state index contributed by atoms with van der Waals surface area (Å²) in [7, 11) is 0. The number of amides is 2. The summed E-state index contributed by atoms with van der Waals surface area (Å²) in [5.41, 5.74) is 5.82. The van der Waals surface area contributed by atoms with E-state index in [9.17, 15) is 31.5 Å². The molecule has 1 atom stereocenters. The van der Waals surface area contributed by atoms with Gasteiger partial charge in [0.2, 0.25) is 11.8 Å². The molecule has 3 aliphatic heterocycles. The van der Waals surface area contributed by atoms with Gasteiger partial charge < -0.3 is 25.6 Å². The average molecular weight is 693 g/mol. The Kier molecular flexibility index (Phi) is 9.72. The third-order valence-corrected chi connectivity index (χ3v) is 8.70. The lowest BCUT2D eigenvalue weighted by molar-refractivity contribution is -0.137. The Morgan fingerprint density at radius 2 is 1.88 bits per heavy atom. The zero-order chi connectivity index (χ0) is 34.9. The van der Waals surface area contributed by atoms with Crippen LogP contribution in [0.5, 0.6) is 0 Å². The molecule has 3 fully saturated rings. The quantitative estimate of drug-likeness (QED) is 0.253. The van der Waals surface area contributed by atoms with Crippen LogP contribution in [0.25, 0.3) is 16.9 Å². The van der Waals surface area contributed by atoms with E-state index < -0.39 is 23.6 Å². The number of halogens is 5. The van der Waals surface area contributed by atoms with Gasteiger partial charge in [0, 0.05) is 64.3 Å². The Balaban J connectivity index is 1.11. The number of likely N-dealkylation sites (tertiary alicyclic amines) is 1. The minimum absolute atomic E-state index is 0.0853. The topological polar surface area (TPSA) is 137 Å². The molecular weight excluding hydrogens is 655 g/mol. The van der Waals surface area contributed by atoms with Crippen molar-refractivity contribution in [3.05, 3.63) is 47.8 Å². The van der Waals surface area contributed by atoms with Crippen LogP contribution >= 0.6 is 0 Å². The summed E-state index contributed by atoms with van der Waals surface area (Å²) in [6.07, 6.45) is 0.832. The molecule has 3 saturated heterocycles. The van der Waals surface area contributed by atoms with Gasteiger partial charge in [-0.1, -0.05) is 6.08 Å². The van der Waals surface area contributed by atoms with Gasteiger partial charge in [-0.15, -0.1) is 5.10 Å². The van der Waals surface area contributed by atoms with Gasteiger partial charge >= 0.3 is 6.18 Å². The van der Waals surface area contributed by atoms with E-state index in [4.69, 9.17) is 10.5 Å². The van der Waals surface area contributed by atoms with Crippen LogP contribution in [-0.4, -0.2) is 130 Å². The van der Waals surface area contributed by atoms with E-state index in [1.54, 1.807) is 15.6 Å². The Bertz CT molecular complexity index is 1720. The number of carbonyl (C=O) groups is 2. The summed E-state index contributed by atoms with van der Waals surface area (Å²) in [5, 5.41) is 7.02. The number of pyridine rings is 1. The first-order chi connectivity index (χ1) is 23.3. The van der Waals surface area contributed by atoms with Gasteiger partial charge in [-0.3, -0.25) is 19.4 Å². The van der Waals surface area contributed by atoms with Crippen LogP contribution in [0, 0.1) is 0 Å². The number of ether oxygens (including phenoxy) is 1. The molecule has 0 radical (unpaired) electrons. The van der Waals surface area contributed by atoms with Crippen molar-refractivity contribution in [2.45, 2.75) is 31.6 Å². The molecule has 0 aliphatic carbocycles. The van der Waals surface area contributed by atoms with E-state index in [1.165, 1.54) is 17.1 Å². The Morgan fingerprint density at radius 1 is 1.12 bits per heavy atom. The van der Waals surface area contributed by atoms with E-state index in [-0.39, 0.29) is 55.3 Å². The second-order valence-electron chi connectivity index (χ2n) is 12.5. The number of morpholine rings is 1. The van der Waals surface area contributed by atoms with Gasteiger partial charge in [0.25, 0.3) is 5.92 Å². The van der Waals surface area contributed by atoms with Gasteiger partial charge in [-0.05, 0) is 24.6 Å². The highest BCUT2D eigenvalue weighted by Crippen LogP contribution is 2.37. The van der Waals surface area contributed by atoms with E-state index in [0.717, 1.165) is 17.8 Å². The molecule has 49 heavy (non-hydrogen) atoms. The molecule has 6 heterocycles. The number of nitrogen functional groups attached to an aromatic ring is 1. The number of carbonyl (C=O) groups excluding carboxylic acids is 2. The van der Waals surface area contributed by atoms with Gasteiger partial charge in [0.15, 0.2) is 11.6 Å². The SMILES string of the molecule is C[C@H]1COCCN1c1nc(-c2cnc(N)cc2C(F)(F)F)nn2cc(CN3CCN(C(=O)CNC(=O)/C=C/CN4CC(F)(F)C4)CC3)cc12. The van der Waals surface area contributed by atoms with Crippen LogP contribution < -0.4 is 16.0 Å². The van der Waals surface area contributed by atoms with Crippen molar-refractivity contribution in [2.75, 3.05) is 82.8 Å². The fourth-order valence-corrected chi connectivity index (χ4v) is 6.17. The first-order valence-electron chi connectivity index (χ1n) is 15.9. The Hall–Kier alpha value is -4.42. The number of fused-ring (bicyclic) bond motifs is 1. The largest absolute Gasteiger partial charge is 0.417 e. The third kappa shape index (κ3) is 8.08. The van der Waals surface area contributed by atoms with E-state index in [1.807, 2.05) is 17.9 Å². The number of aromatic nitrogens is 4. The zero-order valence-electron chi connectivity index (χ0n) is 26.8. The molecule has 0 aromatic carbocycles. The van der Waals surface area contributed by atoms with Crippen LogP contribution in [0.3, 0.4) is 0 Å². The number of nitrogens with one attached hydrogen (secondary N) is 1. The van der Waals surface area contributed by atoms with Crippen molar-refractivity contribution < 1.29 is 36.3 Å². The number of hydrogen-bond acceptors (Lipinski definition) is 10. The van der Waals surface area contributed by atoms with Crippen molar-refractivity contribution >= 4 is 29.0 Å². The highest BCUT2D eigenvalue weighted by Gasteiger charge is 2.43. The lowest BCUT2D eigenvalue weighted by Gasteiger charge is -2.37. The van der Waals surface area contributed by atoms with Crippen LogP contribution in [0.2, 0.25) is 0 Å². The van der Waals surface area contributed by atoms with Crippen molar-refractivity contribution in [1.29, 1.82) is 0 Å². The average Bonchev–Trinajstić information content (AvgIpc) is 3.45. The number of rotatable bonds is 9. The number of hydrogen-bond donors (Lipinski definition) is 2. The van der Waals surface area contributed by atoms with E-state index in [2.05, 4.69) is 25.3 Å². The number of alkyl halides is 5. The third-order valence-electron chi connectivity index (χ3n) is 8.70. The molecular formula is C31H37F5N10O3. The standard InChI is InChI=1S/C31H37F5N10O3/c1-20-17-49-10-9-45(20)29-24-11-21(16-46(24)41-28(40-29)22-13-38-25(37)12-23(22)31(34,35)36)15-42-5-7-44(8-6-42)27(48)14-39-26(47)3-2-4-43-18-30(32,33)19-43/h2-3,11-13,16,20H,4-10,14-15,17-19H2,1H3,(H2,37,38)(H,39,47)/b3-2+/t20-/m0/s1. The minimum atomic E-state index is -4.70. The summed E-state index contributed by atoms with van der Waals surface area (Å²) in [5.74, 6) is -3.31. The fourth-order valence-electron chi connectivity index (χ4n) is 6.17. The molecule has 18 heteroatoms. The Morgan fingerprint density at radius 3 is 2.57 bits per heavy atom. The van der Waals surface area contributed by atoms with Crippen molar-refractivity contribution in [3.8, 4) is 11.4 Å². The summed E-state index contributed by atoms with van der Waals surface area (Å²) in [6.45, 7) is 5.20. The van der Waals surface area contributed by atoms with Crippen LogP contribution in [0.4, 0.5) is 33.6 Å². The molecule has 0 spiro atoms. The van der Waals surface area contributed by atoms with Gasteiger partial charge in [-0.2, -0.15) is 13.2 Å². The van der Waals surface area contributed by atoms with Crippen molar-refractivity contribution in [1.82, 2.24) is 39.6 Å². The van der Waals surface area contributed by atoms with Gasteiger partial charge in [-0.25, -0.2) is 23.3 Å². The predicted molar refractivity (Wildman–Crippen MR) is 169 cm³/mol. The smallest absolute Gasteiger partial charge is 0.384 e. The van der Waals surface area contributed by atoms with Gasteiger partial charge in [0.1, 0.15) is 11.3 Å². The van der Waals surface area contributed by atoms with E-state index >= 15 is 0 Å². The number of nitrogens with two attached hydrogens (primary N) is 1. The highest BCUT2D eigenvalue weighted by atomic mass is 19.4. The maximum atomic E-state index is 14.0. The van der Waals surface area contributed by atoms with Crippen LogP contribution in [0.1, 0.15) is 18.1 Å². The first kappa shape index (κ1) is 34.4. The maximum Gasteiger partial charge on any atom is 0.417 e. The van der Waals surface area contributed by atoms with Crippen molar-refractivity contribution in [2.24, 2.45) is 0 Å². The maximum absolute atomic E-state index is 14.0. The summed E-state index contributed by atoms with van der Waals surface area (Å²) < 4.78 is 75.0. The monoisotopic (exact) mass is 692 g/mol. The van der Waals surface area contributed by atoms with E-state index in [0.29, 0.717) is 63.8 Å². The molecule has 3 aromatic rings. The van der Waals surface area contributed by atoms with Crippen molar-refractivity contribution in [3.63, 3.8) is 0 Å². The minimum Gasteiger partial charge on any atom is -0.384 e. The molecule has 3 aromatic heterocycles. The number of nitrogens with zero attached hydrogens (tertiary/aromatic N) is 8. The number of anilines is 2. The van der Waals surface area contributed by atoms with Crippen LogP contribution in [-0.2, 0) is 27.0 Å². The number of piperazine rings is 1. The lowest BCUT2D eigenvalue weighted by atomic mass is 10.1. The lowest BCUT2D eigenvalue weighted by Crippen LogP contribution is -2.55. The second-order valence-corrected chi connectivity index (χ2v) is 12.5. The molecule has 0 saturated carbocycles. The molecule has 2 amide bonds. The Labute approximate surface area is 278 Å². The molecule has 0 bridgehead atoms. The zero-order valence-corrected chi connectivity index (χ0v) is 26.8. The van der Waals surface area contributed by atoms with Gasteiger partial charge in [0.05, 0.1) is 50.0 Å². The molecule has 3 aliphatic rings. The highest BCUT2D eigenvalue weighted by molar-refractivity contribution is 5.91. The predicted octanol–water partition coefficient (Wildman–Crippen LogP) is 1.88. The summed E-state index contributed by atoms with van der Waals surface area (Å²) in [4.78, 5) is 40.6. The molecule has 3 N–H and O–H groups in total. The molecule has 264 valence electrons. The van der Waals surface area contributed by atoms with Crippen LogP contribution in [0.15, 0.2) is 36.7 Å². The fraction of sp³-hybridized carbons (Fsp3) is 0.516. The molecule has 13 nitrogen and oxygen atoms in total. The molecule has 0 unspecified atom stereocenters. The summed E-state index contributed by atoms with van der Waals surface area (Å²) >= 11 is 0. The second kappa shape index (κ2) is 13.8. The normalized spacial score (nSPS) is 20.6. The summed E-state index contributed by atoms with van der Waals surface area (Å²) in [6, 6.07) is 2.61.